The maximum atomic E-state index is 4.77. The van der Waals surface area contributed by atoms with Crippen LogP contribution in [0.1, 0.15) is 43.6 Å². The normalized spacial score (nSPS) is 10.7. The van der Waals surface area contributed by atoms with Crippen LogP contribution in [0.2, 0.25) is 0 Å². The second-order valence-corrected chi connectivity index (χ2v) is 6.44. The standard InChI is InChI=1S/C22H26N4/c1-3-8-19-16-21(24-12-4-2)26-22(25-19)18-11-13-23-20(15-18)14-17-9-6-5-7-10-17/h5-7,9-11,13,15-16H,3-4,8,12,14H2,1-2H3,(H,24,25,26). The predicted molar refractivity (Wildman–Crippen MR) is 107 cm³/mol. The number of hydrogen-bond acceptors (Lipinski definition) is 4. The topological polar surface area (TPSA) is 50.7 Å². The quantitative estimate of drug-likeness (QED) is 0.630. The molecule has 4 nitrogen and oxygen atoms in total. The monoisotopic (exact) mass is 346 g/mol. The maximum absolute atomic E-state index is 4.77. The molecule has 134 valence electrons. The van der Waals surface area contributed by atoms with E-state index < -0.39 is 0 Å². The first-order valence-electron chi connectivity index (χ1n) is 9.39. The van der Waals surface area contributed by atoms with Crippen molar-refractivity contribution in [2.75, 3.05) is 11.9 Å². The molecule has 0 atom stereocenters. The lowest BCUT2D eigenvalue weighted by Crippen LogP contribution is -2.06. The van der Waals surface area contributed by atoms with Gasteiger partial charge in [0, 0.05) is 42.2 Å². The summed E-state index contributed by atoms with van der Waals surface area (Å²) in [4.78, 5) is 14.0. The highest BCUT2D eigenvalue weighted by atomic mass is 15.0. The minimum Gasteiger partial charge on any atom is -0.370 e. The van der Waals surface area contributed by atoms with Crippen LogP contribution in [0, 0.1) is 0 Å². The minimum atomic E-state index is 0.770. The first kappa shape index (κ1) is 18.1. The molecule has 0 saturated heterocycles. The number of hydrogen-bond donors (Lipinski definition) is 1. The zero-order chi connectivity index (χ0) is 18.2. The lowest BCUT2D eigenvalue weighted by molar-refractivity contribution is 0.872. The number of nitrogens with one attached hydrogen (secondary N) is 1. The number of pyridine rings is 1. The molecule has 26 heavy (non-hydrogen) atoms. The molecule has 0 unspecified atom stereocenters. The van der Waals surface area contributed by atoms with Gasteiger partial charge in [0.25, 0.3) is 0 Å². The van der Waals surface area contributed by atoms with Crippen LogP contribution in [-0.4, -0.2) is 21.5 Å². The van der Waals surface area contributed by atoms with Gasteiger partial charge in [0.05, 0.1) is 0 Å². The Labute approximate surface area is 155 Å². The van der Waals surface area contributed by atoms with E-state index in [0.717, 1.165) is 60.8 Å². The molecule has 0 aliphatic rings. The fourth-order valence-electron chi connectivity index (χ4n) is 2.87. The number of rotatable bonds is 8. The molecule has 4 heteroatoms. The van der Waals surface area contributed by atoms with Gasteiger partial charge in [-0.05, 0) is 30.5 Å². The zero-order valence-corrected chi connectivity index (χ0v) is 15.6. The molecule has 0 spiro atoms. The van der Waals surface area contributed by atoms with Crippen molar-refractivity contribution >= 4 is 5.82 Å². The van der Waals surface area contributed by atoms with Crippen LogP contribution in [0.3, 0.4) is 0 Å². The molecular weight excluding hydrogens is 320 g/mol. The SMILES string of the molecule is CCCNc1cc(CCC)nc(-c2ccnc(Cc3ccccc3)c2)n1. The van der Waals surface area contributed by atoms with Crippen LogP contribution in [0.5, 0.6) is 0 Å². The molecule has 0 aliphatic heterocycles. The summed E-state index contributed by atoms with van der Waals surface area (Å²) in [5.74, 6) is 1.67. The third-order valence-electron chi connectivity index (χ3n) is 4.14. The van der Waals surface area contributed by atoms with E-state index in [4.69, 9.17) is 9.97 Å². The highest BCUT2D eigenvalue weighted by molar-refractivity contribution is 5.58. The van der Waals surface area contributed by atoms with Crippen LogP contribution in [0.4, 0.5) is 5.82 Å². The van der Waals surface area contributed by atoms with Gasteiger partial charge in [-0.3, -0.25) is 4.98 Å². The van der Waals surface area contributed by atoms with Gasteiger partial charge in [-0.25, -0.2) is 9.97 Å². The van der Waals surface area contributed by atoms with Crippen molar-refractivity contribution in [2.45, 2.75) is 39.5 Å². The zero-order valence-electron chi connectivity index (χ0n) is 15.6. The predicted octanol–water partition coefficient (Wildman–Crippen LogP) is 4.90. The summed E-state index contributed by atoms with van der Waals surface area (Å²) in [5, 5.41) is 3.39. The molecule has 2 aromatic heterocycles. The van der Waals surface area contributed by atoms with Crippen molar-refractivity contribution in [1.29, 1.82) is 0 Å². The average molecular weight is 346 g/mol. The number of benzene rings is 1. The third kappa shape index (κ3) is 4.88. The second kappa shape index (κ2) is 9.09. The van der Waals surface area contributed by atoms with Crippen molar-refractivity contribution in [3.05, 3.63) is 71.7 Å². The van der Waals surface area contributed by atoms with Gasteiger partial charge in [-0.15, -0.1) is 0 Å². The molecule has 3 aromatic rings. The van der Waals surface area contributed by atoms with Crippen LogP contribution in [-0.2, 0) is 12.8 Å². The van der Waals surface area contributed by atoms with E-state index in [2.05, 4.69) is 60.5 Å². The van der Waals surface area contributed by atoms with Gasteiger partial charge in [0.15, 0.2) is 5.82 Å². The molecule has 1 N–H and O–H groups in total. The van der Waals surface area contributed by atoms with E-state index in [1.807, 2.05) is 18.3 Å². The highest BCUT2D eigenvalue weighted by Crippen LogP contribution is 2.20. The molecular formula is C22H26N4. The van der Waals surface area contributed by atoms with Crippen LogP contribution in [0.25, 0.3) is 11.4 Å². The van der Waals surface area contributed by atoms with E-state index >= 15 is 0 Å². The largest absolute Gasteiger partial charge is 0.370 e. The van der Waals surface area contributed by atoms with E-state index in [1.165, 1.54) is 5.56 Å². The van der Waals surface area contributed by atoms with Gasteiger partial charge < -0.3 is 5.32 Å². The van der Waals surface area contributed by atoms with Crippen molar-refractivity contribution in [1.82, 2.24) is 15.0 Å². The number of aryl methyl sites for hydroxylation is 1. The van der Waals surface area contributed by atoms with Crippen molar-refractivity contribution in [2.24, 2.45) is 0 Å². The molecule has 0 saturated carbocycles. The summed E-state index contributed by atoms with van der Waals surface area (Å²) in [5.41, 5.74) is 4.38. The first-order chi connectivity index (χ1) is 12.8. The fraction of sp³-hybridized carbons (Fsp3) is 0.318. The summed E-state index contributed by atoms with van der Waals surface area (Å²) in [7, 11) is 0. The summed E-state index contributed by atoms with van der Waals surface area (Å²) < 4.78 is 0. The van der Waals surface area contributed by atoms with Gasteiger partial charge in [-0.1, -0.05) is 50.6 Å². The second-order valence-electron chi connectivity index (χ2n) is 6.44. The van der Waals surface area contributed by atoms with Gasteiger partial charge in [-0.2, -0.15) is 0 Å². The Hall–Kier alpha value is -2.75. The van der Waals surface area contributed by atoms with Gasteiger partial charge in [0.1, 0.15) is 5.82 Å². The lowest BCUT2D eigenvalue weighted by atomic mass is 10.1. The fourth-order valence-corrected chi connectivity index (χ4v) is 2.87. The molecule has 3 rings (SSSR count). The van der Waals surface area contributed by atoms with E-state index in [9.17, 15) is 0 Å². The van der Waals surface area contributed by atoms with Gasteiger partial charge in [0.2, 0.25) is 0 Å². The minimum absolute atomic E-state index is 0.770. The molecule has 1 aromatic carbocycles. The lowest BCUT2D eigenvalue weighted by Gasteiger charge is -2.10. The van der Waals surface area contributed by atoms with Crippen molar-refractivity contribution in [3.63, 3.8) is 0 Å². The number of anilines is 1. The maximum Gasteiger partial charge on any atom is 0.161 e. The van der Waals surface area contributed by atoms with Crippen LogP contribution >= 0.6 is 0 Å². The van der Waals surface area contributed by atoms with E-state index in [1.54, 1.807) is 0 Å². The molecule has 0 bridgehead atoms. The molecule has 0 amide bonds. The summed E-state index contributed by atoms with van der Waals surface area (Å²) in [6, 6.07) is 16.5. The van der Waals surface area contributed by atoms with Crippen molar-refractivity contribution in [3.8, 4) is 11.4 Å². The smallest absolute Gasteiger partial charge is 0.161 e. The molecule has 0 radical (unpaired) electrons. The third-order valence-corrected chi connectivity index (χ3v) is 4.14. The van der Waals surface area contributed by atoms with Crippen LogP contribution < -0.4 is 5.32 Å². The number of nitrogens with zero attached hydrogens (tertiary/aromatic N) is 3. The Morgan fingerprint density at radius 2 is 1.73 bits per heavy atom. The van der Waals surface area contributed by atoms with Crippen LogP contribution in [0.15, 0.2) is 54.7 Å². The Kier molecular flexibility index (Phi) is 6.31. The molecule has 2 heterocycles. The highest BCUT2D eigenvalue weighted by Gasteiger charge is 2.08. The van der Waals surface area contributed by atoms with E-state index in [-0.39, 0.29) is 0 Å². The summed E-state index contributed by atoms with van der Waals surface area (Å²) in [6.07, 6.45) is 5.75. The Bertz CT molecular complexity index is 831. The molecule has 0 aliphatic carbocycles. The first-order valence-corrected chi connectivity index (χ1v) is 9.39. The Morgan fingerprint density at radius 1 is 0.885 bits per heavy atom. The summed E-state index contributed by atoms with van der Waals surface area (Å²) >= 11 is 0. The number of aromatic nitrogens is 3. The Balaban J connectivity index is 1.89. The van der Waals surface area contributed by atoms with Crippen molar-refractivity contribution < 1.29 is 0 Å². The Morgan fingerprint density at radius 3 is 2.50 bits per heavy atom. The van der Waals surface area contributed by atoms with E-state index in [0.29, 0.717) is 0 Å². The average Bonchev–Trinajstić information content (AvgIpc) is 2.67. The summed E-state index contributed by atoms with van der Waals surface area (Å²) in [6.45, 7) is 5.24. The van der Waals surface area contributed by atoms with Gasteiger partial charge >= 0.3 is 0 Å². The molecule has 0 fully saturated rings.